The van der Waals surface area contributed by atoms with Gasteiger partial charge in [0.05, 0.1) is 17.9 Å². The molecular formula is C13H20N6O4S. The van der Waals surface area contributed by atoms with Gasteiger partial charge in [-0.05, 0) is 13.8 Å². The molecule has 1 saturated heterocycles. The number of β-lactam (4-membered cyclic amide) rings is 1. The summed E-state index contributed by atoms with van der Waals surface area (Å²) in [5.41, 5.74) is 4.77. The second kappa shape index (κ2) is 7.62. The Bertz CT molecular complexity index is 593. The lowest BCUT2D eigenvalue weighted by atomic mass is 9.99. The molecule has 0 aromatic carbocycles. The predicted molar refractivity (Wildman–Crippen MR) is 89.1 cm³/mol. The van der Waals surface area contributed by atoms with Crippen LogP contribution in [0.3, 0.4) is 0 Å². The summed E-state index contributed by atoms with van der Waals surface area (Å²) in [7, 11) is 0. The molecule has 2 rings (SSSR count). The van der Waals surface area contributed by atoms with Crippen LogP contribution in [0.1, 0.15) is 13.8 Å². The molecule has 3 unspecified atom stereocenters. The van der Waals surface area contributed by atoms with Crippen LogP contribution in [0.25, 0.3) is 0 Å². The van der Waals surface area contributed by atoms with E-state index in [4.69, 9.17) is 15.9 Å². The Morgan fingerprint density at radius 1 is 1.50 bits per heavy atom. The third kappa shape index (κ3) is 4.23. The number of amides is 3. The number of hydrogen-bond donors (Lipinski definition) is 5. The van der Waals surface area contributed by atoms with Crippen molar-refractivity contribution in [2.45, 2.75) is 37.5 Å². The maximum atomic E-state index is 12.1. The summed E-state index contributed by atoms with van der Waals surface area (Å²) in [4.78, 5) is 39.1. The van der Waals surface area contributed by atoms with Gasteiger partial charge in [0.25, 0.3) is 5.91 Å². The highest BCUT2D eigenvalue weighted by Crippen LogP contribution is 2.19. The first-order valence-electron chi connectivity index (χ1n) is 7.37. The Morgan fingerprint density at radius 2 is 2.21 bits per heavy atom. The lowest BCUT2D eigenvalue weighted by Gasteiger charge is -2.36. The van der Waals surface area contributed by atoms with E-state index in [9.17, 15) is 14.4 Å². The van der Waals surface area contributed by atoms with Gasteiger partial charge in [-0.2, -0.15) is 0 Å². The maximum absolute atomic E-state index is 12.1. The molecule has 2 aliphatic rings. The topological polar surface area (TPSA) is 159 Å². The number of aliphatic imine (C=N–C) groups is 1. The lowest BCUT2D eigenvalue weighted by molar-refractivity contribution is -0.134. The van der Waals surface area contributed by atoms with Crippen LogP contribution in [0.4, 0.5) is 4.79 Å². The molecule has 0 aromatic heterocycles. The zero-order chi connectivity index (χ0) is 17.9. The van der Waals surface area contributed by atoms with Crippen LogP contribution in [-0.4, -0.2) is 65.3 Å². The Kier molecular flexibility index (Phi) is 5.78. The highest BCUT2D eigenvalue weighted by Gasteiger charge is 2.40. The van der Waals surface area contributed by atoms with E-state index in [0.717, 1.165) is 0 Å². The van der Waals surface area contributed by atoms with E-state index >= 15 is 0 Å². The summed E-state index contributed by atoms with van der Waals surface area (Å²) in [6.45, 7) is 3.65. The fourth-order valence-electron chi connectivity index (χ4n) is 2.08. The Morgan fingerprint density at radius 3 is 2.79 bits per heavy atom. The number of carbonyl (C=O) groups excluding carboxylic acids is 3. The fourth-order valence-corrected chi connectivity index (χ4v) is 3.00. The van der Waals surface area contributed by atoms with Gasteiger partial charge in [0.1, 0.15) is 11.8 Å². The number of alkyl carbamates (subject to hydrolysis) is 1. The molecule has 24 heavy (non-hydrogen) atoms. The minimum Gasteiger partial charge on any atom is -0.447 e. The van der Waals surface area contributed by atoms with Crippen molar-refractivity contribution in [2.24, 2.45) is 10.7 Å². The smallest absolute Gasteiger partial charge is 0.409 e. The van der Waals surface area contributed by atoms with Crippen LogP contribution in [0.15, 0.2) is 4.99 Å². The second-order valence-electron chi connectivity index (χ2n) is 5.51. The SMILES string of the molecule is CC(C)OC(=O)NC1N=C(C(=N)C(=O)NC2C(=O)NC2CN)CS1. The highest BCUT2D eigenvalue weighted by molar-refractivity contribution is 8.01. The zero-order valence-corrected chi connectivity index (χ0v) is 14.1. The predicted octanol–water partition coefficient (Wildman–Crippen LogP) is -1.45. The molecule has 2 aliphatic heterocycles. The van der Waals surface area contributed by atoms with Crippen LogP contribution in [0.5, 0.6) is 0 Å². The minimum atomic E-state index is -0.729. The summed E-state index contributed by atoms with van der Waals surface area (Å²) < 4.78 is 4.94. The Labute approximate surface area is 142 Å². The molecule has 0 aliphatic carbocycles. The van der Waals surface area contributed by atoms with Crippen molar-refractivity contribution in [2.75, 3.05) is 12.3 Å². The summed E-state index contributed by atoms with van der Waals surface area (Å²) in [5, 5.41) is 15.4. The maximum Gasteiger partial charge on any atom is 0.409 e. The van der Waals surface area contributed by atoms with Gasteiger partial charge in [0.2, 0.25) is 5.91 Å². The Balaban J connectivity index is 1.88. The molecule has 0 spiro atoms. The molecule has 132 valence electrons. The molecule has 0 saturated carbocycles. The second-order valence-corrected chi connectivity index (χ2v) is 6.58. The van der Waals surface area contributed by atoms with Crippen molar-refractivity contribution >= 4 is 41.1 Å². The number of thioether (sulfide) groups is 1. The van der Waals surface area contributed by atoms with Crippen LogP contribution < -0.4 is 21.7 Å². The lowest BCUT2D eigenvalue weighted by Crippen LogP contribution is -2.71. The molecular weight excluding hydrogens is 336 g/mol. The number of rotatable bonds is 6. The molecule has 11 heteroatoms. The first kappa shape index (κ1) is 18.2. The molecule has 3 amide bonds. The van der Waals surface area contributed by atoms with Crippen molar-refractivity contribution in [3.63, 3.8) is 0 Å². The van der Waals surface area contributed by atoms with Gasteiger partial charge in [-0.1, -0.05) is 0 Å². The number of nitrogens with one attached hydrogen (secondary N) is 4. The van der Waals surface area contributed by atoms with Crippen LogP contribution in [0.2, 0.25) is 0 Å². The first-order valence-corrected chi connectivity index (χ1v) is 8.42. The molecule has 3 atom stereocenters. The molecule has 2 heterocycles. The summed E-state index contributed by atoms with van der Waals surface area (Å²) in [5.74, 6) is -0.723. The largest absolute Gasteiger partial charge is 0.447 e. The van der Waals surface area contributed by atoms with Gasteiger partial charge in [-0.3, -0.25) is 25.3 Å². The molecule has 0 bridgehead atoms. The van der Waals surface area contributed by atoms with Gasteiger partial charge < -0.3 is 21.1 Å². The molecule has 1 fully saturated rings. The van der Waals surface area contributed by atoms with Gasteiger partial charge in [0.15, 0.2) is 5.50 Å². The number of nitrogens with zero attached hydrogens (tertiary/aromatic N) is 1. The van der Waals surface area contributed by atoms with E-state index < -0.39 is 23.5 Å². The number of hydrogen-bond acceptors (Lipinski definition) is 8. The Hall–Kier alpha value is -2.14. The third-order valence-electron chi connectivity index (χ3n) is 3.30. The summed E-state index contributed by atoms with van der Waals surface area (Å²) in [6.07, 6.45) is -0.867. The molecule has 0 aromatic rings. The van der Waals surface area contributed by atoms with Crippen molar-refractivity contribution < 1.29 is 19.1 Å². The van der Waals surface area contributed by atoms with Gasteiger partial charge in [0, 0.05) is 12.3 Å². The van der Waals surface area contributed by atoms with Crippen molar-refractivity contribution in [3.05, 3.63) is 0 Å². The van der Waals surface area contributed by atoms with E-state index in [1.54, 1.807) is 13.8 Å². The monoisotopic (exact) mass is 356 g/mol. The van der Waals surface area contributed by atoms with Gasteiger partial charge in [-0.15, -0.1) is 11.8 Å². The minimum absolute atomic E-state index is 0.199. The fraction of sp³-hybridized carbons (Fsp3) is 0.615. The summed E-state index contributed by atoms with van der Waals surface area (Å²) in [6, 6.07) is -1.05. The van der Waals surface area contributed by atoms with E-state index in [1.165, 1.54) is 11.8 Å². The zero-order valence-electron chi connectivity index (χ0n) is 13.3. The first-order chi connectivity index (χ1) is 11.3. The average molecular weight is 356 g/mol. The van der Waals surface area contributed by atoms with Crippen molar-refractivity contribution in [3.8, 4) is 0 Å². The van der Waals surface area contributed by atoms with Gasteiger partial charge in [-0.25, -0.2) is 4.79 Å². The quantitative estimate of drug-likeness (QED) is 0.289. The number of nitrogens with two attached hydrogens (primary N) is 1. The standard InChI is InChI=1S/C13H20N6O4S/c1-5(2)23-13(22)19-12-17-7(4-24-12)8(15)10(20)18-9-6(3-14)16-11(9)21/h5-6,9,12,15H,3-4,14H2,1-2H3,(H,16,21)(H,18,20)(H,19,22). The highest BCUT2D eigenvalue weighted by atomic mass is 32.2. The van der Waals surface area contributed by atoms with E-state index in [-0.39, 0.29) is 36.0 Å². The van der Waals surface area contributed by atoms with Crippen molar-refractivity contribution in [1.29, 1.82) is 5.41 Å². The van der Waals surface area contributed by atoms with E-state index in [2.05, 4.69) is 20.9 Å². The third-order valence-corrected chi connectivity index (χ3v) is 4.28. The van der Waals surface area contributed by atoms with Crippen LogP contribution >= 0.6 is 11.8 Å². The molecule has 0 radical (unpaired) electrons. The summed E-state index contributed by atoms with van der Waals surface area (Å²) >= 11 is 1.26. The van der Waals surface area contributed by atoms with E-state index in [1.807, 2.05) is 0 Å². The average Bonchev–Trinajstić information content (AvgIpc) is 2.96. The van der Waals surface area contributed by atoms with E-state index in [0.29, 0.717) is 5.75 Å². The van der Waals surface area contributed by atoms with Crippen LogP contribution in [-0.2, 0) is 14.3 Å². The number of ether oxygens (including phenoxy) is 1. The molecule has 10 nitrogen and oxygen atoms in total. The van der Waals surface area contributed by atoms with Crippen LogP contribution in [0, 0.1) is 5.41 Å². The van der Waals surface area contributed by atoms with Crippen molar-refractivity contribution in [1.82, 2.24) is 16.0 Å². The molecule has 6 N–H and O–H groups in total. The normalized spacial score (nSPS) is 25.4. The number of carbonyl (C=O) groups is 3. The van der Waals surface area contributed by atoms with Gasteiger partial charge >= 0.3 is 6.09 Å².